The van der Waals surface area contributed by atoms with Crippen molar-refractivity contribution in [3.05, 3.63) is 65.2 Å². The maximum absolute atomic E-state index is 13.5. The molecule has 0 bridgehead atoms. The molecule has 2 aromatic carbocycles. The predicted molar refractivity (Wildman–Crippen MR) is 104 cm³/mol. The number of benzene rings is 2. The Balaban J connectivity index is 2.06. The number of hydrazone groups is 1. The number of hydrazine groups is 1. The fourth-order valence-corrected chi connectivity index (χ4v) is 3.68. The number of rotatable bonds is 5. The van der Waals surface area contributed by atoms with Gasteiger partial charge in [0.2, 0.25) is 0 Å². The molecule has 7 nitrogen and oxygen atoms in total. The lowest BCUT2D eigenvalue weighted by atomic mass is 9.81. The molecule has 1 atom stereocenters. The van der Waals surface area contributed by atoms with Crippen molar-refractivity contribution in [2.75, 3.05) is 5.01 Å². The van der Waals surface area contributed by atoms with E-state index in [1.165, 1.54) is 11.2 Å². The second-order valence-electron chi connectivity index (χ2n) is 6.68. The first-order valence-corrected chi connectivity index (χ1v) is 8.71. The first-order chi connectivity index (χ1) is 13.0. The Morgan fingerprint density at radius 2 is 1.89 bits per heavy atom. The standard InChI is InChI=1S/C20H22N4O3/c21-23-13-14-7-9-16(10-8-14)19(27)20(12-18(25)26)11-3-5-15-4-1-2-6-17(15)24(20)22/h1-2,4,6-10,13H,3,5,11-12,21-22H2,(H,25,26). The molecule has 0 fully saturated rings. The molecule has 3 rings (SSSR count). The molecular formula is C20H22N4O3. The summed E-state index contributed by atoms with van der Waals surface area (Å²) in [5.74, 6) is 10.2. The van der Waals surface area contributed by atoms with Gasteiger partial charge in [-0.05, 0) is 36.5 Å². The minimum atomic E-state index is -1.35. The number of ketones is 1. The number of carboxylic acid groups (broad SMARTS) is 1. The molecule has 0 saturated carbocycles. The number of hydrogen-bond donors (Lipinski definition) is 3. The fraction of sp³-hybridized carbons (Fsp3) is 0.250. The predicted octanol–water partition coefficient (Wildman–Crippen LogP) is 2.09. The summed E-state index contributed by atoms with van der Waals surface area (Å²) < 4.78 is 0. The third kappa shape index (κ3) is 3.54. The van der Waals surface area contributed by atoms with Gasteiger partial charge in [0.15, 0.2) is 5.78 Å². The average Bonchev–Trinajstić information content (AvgIpc) is 2.80. The molecular weight excluding hydrogens is 344 g/mol. The summed E-state index contributed by atoms with van der Waals surface area (Å²) >= 11 is 0. The number of anilines is 1. The Kier molecular flexibility index (Phi) is 5.23. The molecule has 1 aliphatic rings. The molecule has 27 heavy (non-hydrogen) atoms. The number of carboxylic acids is 1. The molecule has 0 aliphatic carbocycles. The molecule has 0 saturated heterocycles. The first kappa shape index (κ1) is 18.6. The summed E-state index contributed by atoms with van der Waals surface area (Å²) in [7, 11) is 0. The van der Waals surface area contributed by atoms with E-state index in [1.54, 1.807) is 24.3 Å². The van der Waals surface area contributed by atoms with Gasteiger partial charge in [0.25, 0.3) is 0 Å². The van der Waals surface area contributed by atoms with Gasteiger partial charge in [-0.1, -0.05) is 42.5 Å². The lowest BCUT2D eigenvalue weighted by Crippen LogP contribution is -2.59. The van der Waals surface area contributed by atoms with Crippen LogP contribution in [0.2, 0.25) is 0 Å². The zero-order chi connectivity index (χ0) is 19.4. The smallest absolute Gasteiger partial charge is 0.306 e. The lowest BCUT2D eigenvalue weighted by Gasteiger charge is -2.39. The van der Waals surface area contributed by atoms with Crippen molar-refractivity contribution in [1.29, 1.82) is 0 Å². The van der Waals surface area contributed by atoms with Crippen molar-refractivity contribution < 1.29 is 14.7 Å². The van der Waals surface area contributed by atoms with E-state index in [-0.39, 0.29) is 12.2 Å². The summed E-state index contributed by atoms with van der Waals surface area (Å²) in [5.41, 5.74) is 1.51. The second-order valence-corrected chi connectivity index (χ2v) is 6.68. The van der Waals surface area contributed by atoms with Gasteiger partial charge in [0.1, 0.15) is 5.54 Å². The zero-order valence-electron chi connectivity index (χ0n) is 14.8. The highest BCUT2D eigenvalue weighted by Gasteiger charge is 2.46. The van der Waals surface area contributed by atoms with Crippen LogP contribution < -0.4 is 16.7 Å². The number of nitrogens with two attached hydrogens (primary N) is 2. The number of aliphatic carboxylic acids is 1. The lowest BCUT2D eigenvalue weighted by molar-refractivity contribution is -0.138. The summed E-state index contributed by atoms with van der Waals surface area (Å²) in [4.78, 5) is 25.1. The highest BCUT2D eigenvalue weighted by atomic mass is 16.4. The van der Waals surface area contributed by atoms with Crippen LogP contribution in [0, 0.1) is 0 Å². The van der Waals surface area contributed by atoms with E-state index in [4.69, 9.17) is 11.7 Å². The molecule has 5 N–H and O–H groups in total. The normalized spacial score (nSPS) is 19.5. The zero-order valence-corrected chi connectivity index (χ0v) is 14.8. The number of para-hydroxylation sites is 1. The number of fused-ring (bicyclic) bond motifs is 1. The summed E-state index contributed by atoms with van der Waals surface area (Å²) in [5, 5.41) is 14.4. The topological polar surface area (TPSA) is 122 Å². The van der Waals surface area contributed by atoms with E-state index in [2.05, 4.69) is 5.10 Å². The molecule has 1 heterocycles. The van der Waals surface area contributed by atoms with E-state index in [0.717, 1.165) is 17.5 Å². The van der Waals surface area contributed by atoms with Crippen molar-refractivity contribution >= 4 is 23.7 Å². The van der Waals surface area contributed by atoms with Crippen LogP contribution in [0.1, 0.15) is 40.7 Å². The molecule has 7 heteroatoms. The number of aryl methyl sites for hydroxylation is 1. The van der Waals surface area contributed by atoms with Gasteiger partial charge in [-0.2, -0.15) is 5.10 Å². The van der Waals surface area contributed by atoms with Gasteiger partial charge in [-0.15, -0.1) is 0 Å². The molecule has 0 aromatic heterocycles. The van der Waals surface area contributed by atoms with Crippen LogP contribution in [-0.4, -0.2) is 28.6 Å². The van der Waals surface area contributed by atoms with Gasteiger partial charge < -0.3 is 10.9 Å². The number of carbonyl (C=O) groups is 2. The third-order valence-corrected chi connectivity index (χ3v) is 5.01. The quantitative estimate of drug-likeness (QED) is 0.322. The minimum absolute atomic E-state index is 0.305. The van der Waals surface area contributed by atoms with Crippen LogP contribution in [0.3, 0.4) is 0 Å². The van der Waals surface area contributed by atoms with E-state index in [9.17, 15) is 14.7 Å². The Labute approximate surface area is 157 Å². The van der Waals surface area contributed by atoms with Crippen LogP contribution in [0.5, 0.6) is 0 Å². The maximum Gasteiger partial charge on any atom is 0.306 e. The Morgan fingerprint density at radius 1 is 1.19 bits per heavy atom. The number of carbonyl (C=O) groups excluding carboxylic acids is 1. The van der Waals surface area contributed by atoms with Crippen LogP contribution in [0.15, 0.2) is 53.6 Å². The third-order valence-electron chi connectivity index (χ3n) is 5.01. The van der Waals surface area contributed by atoms with Crippen molar-refractivity contribution in [3.63, 3.8) is 0 Å². The summed E-state index contributed by atoms with van der Waals surface area (Å²) in [6.07, 6.45) is 2.86. The highest BCUT2D eigenvalue weighted by molar-refractivity contribution is 6.07. The molecule has 2 aromatic rings. The van der Waals surface area contributed by atoms with Crippen molar-refractivity contribution in [1.82, 2.24) is 0 Å². The van der Waals surface area contributed by atoms with E-state index >= 15 is 0 Å². The van der Waals surface area contributed by atoms with E-state index in [0.29, 0.717) is 24.1 Å². The molecule has 0 radical (unpaired) electrons. The number of hydrogen-bond acceptors (Lipinski definition) is 6. The second kappa shape index (κ2) is 7.59. The Morgan fingerprint density at radius 3 is 2.56 bits per heavy atom. The van der Waals surface area contributed by atoms with Crippen LogP contribution in [0.4, 0.5) is 5.69 Å². The van der Waals surface area contributed by atoms with E-state index < -0.39 is 11.5 Å². The SMILES string of the molecule is NN=Cc1ccc(C(=O)C2(CC(=O)O)CCCc3ccccc3N2N)cc1. The molecule has 1 aliphatic heterocycles. The van der Waals surface area contributed by atoms with Gasteiger partial charge in [-0.3, -0.25) is 14.6 Å². The average molecular weight is 366 g/mol. The van der Waals surface area contributed by atoms with Gasteiger partial charge in [-0.25, -0.2) is 5.84 Å². The monoisotopic (exact) mass is 366 g/mol. The van der Waals surface area contributed by atoms with Crippen molar-refractivity contribution in [2.24, 2.45) is 16.8 Å². The Bertz CT molecular complexity index is 879. The largest absolute Gasteiger partial charge is 0.481 e. The van der Waals surface area contributed by atoms with Gasteiger partial charge in [0.05, 0.1) is 18.3 Å². The maximum atomic E-state index is 13.5. The number of Topliss-reactive ketones (excluding diaryl/α,β-unsaturated/α-hetero) is 1. The van der Waals surface area contributed by atoms with Crippen molar-refractivity contribution in [2.45, 2.75) is 31.2 Å². The van der Waals surface area contributed by atoms with E-state index in [1.807, 2.05) is 24.3 Å². The number of nitrogens with zero attached hydrogens (tertiary/aromatic N) is 2. The van der Waals surface area contributed by atoms with Gasteiger partial charge >= 0.3 is 5.97 Å². The first-order valence-electron chi connectivity index (χ1n) is 8.71. The Hall–Kier alpha value is -3.19. The molecule has 0 amide bonds. The van der Waals surface area contributed by atoms with Crippen LogP contribution in [0.25, 0.3) is 0 Å². The summed E-state index contributed by atoms with van der Waals surface area (Å²) in [6, 6.07) is 14.2. The van der Waals surface area contributed by atoms with Crippen LogP contribution >= 0.6 is 0 Å². The highest BCUT2D eigenvalue weighted by Crippen LogP contribution is 2.37. The van der Waals surface area contributed by atoms with Gasteiger partial charge in [0, 0.05) is 5.56 Å². The van der Waals surface area contributed by atoms with Crippen LogP contribution in [-0.2, 0) is 11.2 Å². The molecule has 140 valence electrons. The minimum Gasteiger partial charge on any atom is -0.481 e. The molecule has 0 spiro atoms. The van der Waals surface area contributed by atoms with Crippen molar-refractivity contribution in [3.8, 4) is 0 Å². The fourth-order valence-electron chi connectivity index (χ4n) is 3.68. The molecule has 1 unspecified atom stereocenters. The summed E-state index contributed by atoms with van der Waals surface area (Å²) in [6.45, 7) is 0.